The van der Waals surface area contributed by atoms with Gasteiger partial charge in [-0.3, -0.25) is 4.21 Å². The van der Waals surface area contributed by atoms with Crippen molar-refractivity contribution in [1.29, 1.82) is 0 Å². The van der Waals surface area contributed by atoms with Crippen LogP contribution in [0.3, 0.4) is 0 Å². The lowest BCUT2D eigenvalue weighted by atomic mass is 10.1. The molecule has 0 fully saturated rings. The molecule has 1 nitrogen and oxygen atoms in total. The molecule has 0 aliphatic carbocycles. The largest absolute Gasteiger partial charge is 0.255 e. The van der Waals surface area contributed by atoms with Crippen LogP contribution < -0.4 is 0 Å². The van der Waals surface area contributed by atoms with Gasteiger partial charge >= 0.3 is 0 Å². The van der Waals surface area contributed by atoms with E-state index < -0.39 is 10.8 Å². The summed E-state index contributed by atoms with van der Waals surface area (Å²) in [4.78, 5) is 1.15. The molecule has 82 valence electrons. The molecular weight excluding hydrogens is 236 g/mol. The monoisotopic (exact) mass is 248 g/mol. The van der Waals surface area contributed by atoms with Gasteiger partial charge in [-0.15, -0.1) is 11.3 Å². The average molecular weight is 248 g/mol. The lowest BCUT2D eigenvalue weighted by molar-refractivity contribution is 0.692. The Hall–Kier alpha value is -1.19. The summed E-state index contributed by atoms with van der Waals surface area (Å²) in [6.07, 6.45) is 1.69. The molecule has 0 amide bonds. The van der Waals surface area contributed by atoms with Crippen molar-refractivity contribution in [1.82, 2.24) is 0 Å². The second-order valence-electron chi connectivity index (χ2n) is 3.37. The maximum absolute atomic E-state index is 11.4. The van der Waals surface area contributed by atoms with Crippen molar-refractivity contribution in [3.8, 4) is 0 Å². The Labute approximate surface area is 102 Å². The fraction of sp³-hybridized carbons (Fsp3) is 0.0769. The third-order valence-electron chi connectivity index (χ3n) is 2.16. The molecular formula is C13H12OS2. The van der Waals surface area contributed by atoms with Crippen LogP contribution in [0.5, 0.6) is 0 Å². The van der Waals surface area contributed by atoms with Crippen LogP contribution >= 0.6 is 11.3 Å². The smallest absolute Gasteiger partial charge is 0.0431 e. The first-order chi connectivity index (χ1) is 7.77. The predicted molar refractivity (Wildman–Crippen MR) is 71.9 cm³/mol. The lowest BCUT2D eigenvalue weighted by Gasteiger charge is -2.04. The zero-order chi connectivity index (χ0) is 11.4. The summed E-state index contributed by atoms with van der Waals surface area (Å²) in [5.74, 6) is 0. The molecule has 0 radical (unpaired) electrons. The van der Waals surface area contributed by atoms with Gasteiger partial charge in [0.25, 0.3) is 0 Å². The highest BCUT2D eigenvalue weighted by molar-refractivity contribution is 7.87. The first kappa shape index (κ1) is 11.3. The van der Waals surface area contributed by atoms with Gasteiger partial charge in [0, 0.05) is 32.9 Å². The minimum atomic E-state index is -0.936. The third-order valence-corrected chi connectivity index (χ3v) is 3.63. The van der Waals surface area contributed by atoms with Crippen molar-refractivity contribution in [2.75, 3.05) is 6.26 Å². The molecule has 1 aromatic carbocycles. The number of hydrogen-bond donors (Lipinski definition) is 0. The SMILES string of the molecule is CS(=O)/C=C(/c1ccccc1)c1cccs1. The van der Waals surface area contributed by atoms with Crippen LogP contribution in [0.15, 0.2) is 53.3 Å². The topological polar surface area (TPSA) is 17.1 Å². The Bertz CT molecular complexity index is 498. The van der Waals surface area contributed by atoms with Crippen molar-refractivity contribution in [2.24, 2.45) is 0 Å². The molecule has 1 atom stereocenters. The van der Waals surface area contributed by atoms with Crippen molar-refractivity contribution < 1.29 is 4.21 Å². The van der Waals surface area contributed by atoms with E-state index in [4.69, 9.17) is 0 Å². The summed E-state index contributed by atoms with van der Waals surface area (Å²) < 4.78 is 11.4. The van der Waals surface area contributed by atoms with E-state index in [2.05, 4.69) is 6.07 Å². The van der Waals surface area contributed by atoms with Crippen molar-refractivity contribution in [3.05, 3.63) is 63.7 Å². The highest BCUT2D eigenvalue weighted by Crippen LogP contribution is 2.27. The van der Waals surface area contributed by atoms with Gasteiger partial charge in [-0.1, -0.05) is 36.4 Å². The van der Waals surface area contributed by atoms with E-state index in [9.17, 15) is 4.21 Å². The summed E-state index contributed by atoms with van der Waals surface area (Å²) in [5, 5.41) is 3.84. The first-order valence-corrected chi connectivity index (χ1v) is 7.41. The Balaban J connectivity index is 2.49. The quantitative estimate of drug-likeness (QED) is 0.812. The number of benzene rings is 1. The number of rotatable bonds is 3. The summed E-state index contributed by atoms with van der Waals surface area (Å²) >= 11 is 1.67. The van der Waals surface area contributed by atoms with Crippen LogP contribution in [0.2, 0.25) is 0 Å². The molecule has 0 bridgehead atoms. The van der Waals surface area contributed by atoms with E-state index in [0.717, 1.165) is 16.0 Å². The van der Waals surface area contributed by atoms with Crippen LogP contribution in [0.25, 0.3) is 5.57 Å². The summed E-state index contributed by atoms with van der Waals surface area (Å²) in [7, 11) is -0.936. The predicted octanol–water partition coefficient (Wildman–Crippen LogP) is 3.52. The van der Waals surface area contributed by atoms with E-state index in [1.807, 2.05) is 41.8 Å². The maximum atomic E-state index is 11.4. The van der Waals surface area contributed by atoms with E-state index in [-0.39, 0.29) is 0 Å². The Morgan fingerprint density at radius 3 is 2.50 bits per heavy atom. The Morgan fingerprint density at radius 1 is 1.19 bits per heavy atom. The standard InChI is InChI=1S/C13H12OS2/c1-16(14)10-12(13-8-5-9-15-13)11-6-3-2-4-7-11/h2-10H,1H3/b12-10-. The van der Waals surface area contributed by atoms with Gasteiger partial charge in [0.2, 0.25) is 0 Å². The van der Waals surface area contributed by atoms with Crippen LogP contribution in [0, 0.1) is 0 Å². The molecule has 0 aliphatic rings. The van der Waals surface area contributed by atoms with Gasteiger partial charge < -0.3 is 0 Å². The zero-order valence-corrected chi connectivity index (χ0v) is 10.6. The van der Waals surface area contributed by atoms with Crippen molar-refractivity contribution in [2.45, 2.75) is 0 Å². The Morgan fingerprint density at radius 2 is 1.94 bits per heavy atom. The second-order valence-corrected chi connectivity index (χ2v) is 5.55. The molecule has 0 spiro atoms. The average Bonchev–Trinajstić information content (AvgIpc) is 2.80. The summed E-state index contributed by atoms with van der Waals surface area (Å²) in [6, 6.07) is 14.1. The molecule has 2 rings (SSSR count). The summed E-state index contributed by atoms with van der Waals surface area (Å²) in [5.41, 5.74) is 2.16. The fourth-order valence-electron chi connectivity index (χ4n) is 1.48. The maximum Gasteiger partial charge on any atom is 0.0431 e. The van der Waals surface area contributed by atoms with Gasteiger partial charge in [-0.25, -0.2) is 0 Å². The van der Waals surface area contributed by atoms with Crippen molar-refractivity contribution >= 4 is 27.7 Å². The lowest BCUT2D eigenvalue weighted by Crippen LogP contribution is -1.87. The molecule has 2 aromatic rings. The Kier molecular flexibility index (Phi) is 3.70. The normalized spacial score (nSPS) is 13.7. The minimum absolute atomic E-state index is 0.936. The molecule has 1 heterocycles. The molecule has 0 saturated heterocycles. The molecule has 0 N–H and O–H groups in total. The van der Waals surface area contributed by atoms with E-state index in [1.165, 1.54) is 0 Å². The van der Waals surface area contributed by atoms with Crippen molar-refractivity contribution in [3.63, 3.8) is 0 Å². The molecule has 16 heavy (non-hydrogen) atoms. The minimum Gasteiger partial charge on any atom is -0.255 e. The molecule has 1 unspecified atom stereocenters. The molecule has 0 aliphatic heterocycles. The van der Waals surface area contributed by atoms with Gasteiger partial charge in [-0.05, 0) is 17.0 Å². The fourth-order valence-corrected chi connectivity index (χ4v) is 2.92. The van der Waals surface area contributed by atoms with E-state index >= 15 is 0 Å². The van der Waals surface area contributed by atoms with Crippen LogP contribution in [0.4, 0.5) is 0 Å². The van der Waals surface area contributed by atoms with Gasteiger partial charge in [0.05, 0.1) is 0 Å². The number of thiophene rings is 1. The molecule has 0 saturated carbocycles. The summed E-state index contributed by atoms with van der Waals surface area (Å²) in [6.45, 7) is 0. The third kappa shape index (κ3) is 2.68. The van der Waals surface area contributed by atoms with Gasteiger partial charge in [-0.2, -0.15) is 0 Å². The first-order valence-electron chi connectivity index (χ1n) is 4.91. The highest BCUT2D eigenvalue weighted by atomic mass is 32.2. The molecule has 3 heteroatoms. The van der Waals surface area contributed by atoms with Crippen LogP contribution in [0.1, 0.15) is 10.4 Å². The number of hydrogen-bond acceptors (Lipinski definition) is 2. The highest BCUT2D eigenvalue weighted by Gasteiger charge is 2.06. The van der Waals surface area contributed by atoms with E-state index in [1.54, 1.807) is 23.0 Å². The second kappa shape index (κ2) is 5.23. The molecule has 1 aromatic heterocycles. The zero-order valence-electron chi connectivity index (χ0n) is 8.92. The van der Waals surface area contributed by atoms with E-state index in [0.29, 0.717) is 0 Å². The van der Waals surface area contributed by atoms with Gasteiger partial charge in [0.15, 0.2) is 0 Å². The van der Waals surface area contributed by atoms with Crippen LogP contribution in [-0.2, 0) is 10.8 Å². The van der Waals surface area contributed by atoms with Crippen LogP contribution in [-0.4, -0.2) is 10.5 Å². The van der Waals surface area contributed by atoms with Gasteiger partial charge in [0.1, 0.15) is 0 Å².